The van der Waals surface area contributed by atoms with Crippen LogP contribution in [0.5, 0.6) is 0 Å². The molecule has 0 bridgehead atoms. The fourth-order valence-corrected chi connectivity index (χ4v) is 2.77. The molecule has 2 aromatic heterocycles. The summed E-state index contributed by atoms with van der Waals surface area (Å²) < 4.78 is 6.63. The average Bonchev–Trinajstić information content (AvgIpc) is 2.95. The first kappa shape index (κ1) is 15.4. The Kier molecular flexibility index (Phi) is 3.56. The maximum absolute atomic E-state index is 11.7. The van der Waals surface area contributed by atoms with Gasteiger partial charge >= 0.3 is 0 Å². The number of nitrogens with zero attached hydrogens (tertiary/aromatic N) is 3. The summed E-state index contributed by atoms with van der Waals surface area (Å²) in [5, 5.41) is 29.4. The van der Waals surface area contributed by atoms with Gasteiger partial charge in [0, 0.05) is 0 Å². The van der Waals surface area contributed by atoms with E-state index in [0.717, 1.165) is 6.33 Å². The molecule has 1 fully saturated rings. The van der Waals surface area contributed by atoms with Crippen LogP contribution in [0, 0.1) is 0 Å². The molecule has 3 heterocycles. The second-order valence-electron chi connectivity index (χ2n) is 5.18. The molecule has 0 spiro atoms. The molecule has 2 aromatic rings. The van der Waals surface area contributed by atoms with E-state index in [1.54, 1.807) is 0 Å². The van der Waals surface area contributed by atoms with Crippen molar-refractivity contribution in [2.24, 2.45) is 5.73 Å². The molecule has 124 valence electrons. The van der Waals surface area contributed by atoms with E-state index in [-0.39, 0.29) is 28.2 Å². The number of rotatable bonds is 3. The van der Waals surface area contributed by atoms with Gasteiger partial charge in [0.2, 0.25) is 0 Å². The van der Waals surface area contributed by atoms with Crippen molar-refractivity contribution in [3.8, 4) is 0 Å². The lowest BCUT2D eigenvalue weighted by atomic mass is 10.1. The first-order valence-corrected chi connectivity index (χ1v) is 6.70. The van der Waals surface area contributed by atoms with Crippen molar-refractivity contribution < 1.29 is 24.9 Å². The highest BCUT2D eigenvalue weighted by atomic mass is 16.6. The van der Waals surface area contributed by atoms with Gasteiger partial charge in [-0.1, -0.05) is 0 Å². The third-order valence-electron chi connectivity index (χ3n) is 3.87. The molecule has 1 amide bonds. The van der Waals surface area contributed by atoms with Gasteiger partial charge < -0.3 is 37.3 Å². The van der Waals surface area contributed by atoms with Crippen molar-refractivity contribution in [3.63, 3.8) is 0 Å². The number of fused-ring (bicyclic) bond motifs is 1. The molecule has 1 unspecified atom stereocenters. The molecule has 9 N–H and O–H groups in total. The van der Waals surface area contributed by atoms with Crippen molar-refractivity contribution in [3.05, 3.63) is 11.9 Å². The lowest BCUT2D eigenvalue weighted by Crippen LogP contribution is -2.33. The molecule has 1 saturated heterocycles. The average molecular weight is 324 g/mol. The van der Waals surface area contributed by atoms with Crippen LogP contribution in [0.4, 0.5) is 11.6 Å². The number of hydrogen-bond acceptors (Lipinski definition) is 9. The van der Waals surface area contributed by atoms with E-state index in [9.17, 15) is 20.1 Å². The van der Waals surface area contributed by atoms with Gasteiger partial charge in [-0.15, -0.1) is 0 Å². The van der Waals surface area contributed by atoms with Gasteiger partial charge in [-0.05, 0) is 0 Å². The minimum atomic E-state index is -1.40. The summed E-state index contributed by atoms with van der Waals surface area (Å²) in [4.78, 5) is 19.5. The molecule has 11 heteroatoms. The summed E-state index contributed by atoms with van der Waals surface area (Å²) in [5.41, 5.74) is 17.1. The second-order valence-corrected chi connectivity index (χ2v) is 5.18. The van der Waals surface area contributed by atoms with E-state index < -0.39 is 37.1 Å². The number of primary amides is 1. The number of carbonyl (C=O) groups is 1. The van der Waals surface area contributed by atoms with Crippen molar-refractivity contribution in [1.29, 1.82) is 0 Å². The lowest BCUT2D eigenvalue weighted by molar-refractivity contribution is -0.0499. The minimum Gasteiger partial charge on any atom is -0.394 e. The largest absolute Gasteiger partial charge is 0.394 e. The first-order chi connectivity index (χ1) is 10.9. The number of hydrogen-bond donors (Lipinski definition) is 6. The Bertz CT molecular complexity index is 777. The molecule has 23 heavy (non-hydrogen) atoms. The minimum absolute atomic E-state index is 0.0130. The van der Waals surface area contributed by atoms with Gasteiger partial charge in [0.25, 0.3) is 5.91 Å². The standard InChI is InChI=1S/C12H16N6O5/c13-8-4-5(10(15)22)9(14)18(11(4)17-2-16-8)12-7(21)6(20)3(1-19)23-12/h2-3,6-7,12,19-21H,1,14H2,(H2,15,22)(H2,13,16,17)/t3-,6-,7-,12?/m1/s1. The van der Waals surface area contributed by atoms with Gasteiger partial charge in [0.15, 0.2) is 6.23 Å². The van der Waals surface area contributed by atoms with Crippen LogP contribution < -0.4 is 17.2 Å². The summed E-state index contributed by atoms with van der Waals surface area (Å²) in [6.07, 6.45) is -3.77. The highest BCUT2D eigenvalue weighted by molar-refractivity contribution is 6.13. The summed E-state index contributed by atoms with van der Waals surface area (Å²) in [6.45, 7) is -0.506. The van der Waals surface area contributed by atoms with Crippen LogP contribution in [0.2, 0.25) is 0 Å². The Hall–Kier alpha value is -2.47. The van der Waals surface area contributed by atoms with Crippen LogP contribution in [0.3, 0.4) is 0 Å². The summed E-state index contributed by atoms with van der Waals surface area (Å²) >= 11 is 0. The van der Waals surface area contributed by atoms with Gasteiger partial charge in [-0.3, -0.25) is 9.36 Å². The summed E-state index contributed by atoms with van der Waals surface area (Å²) in [6, 6.07) is 0. The van der Waals surface area contributed by atoms with Crippen LogP contribution in [0.1, 0.15) is 16.6 Å². The third kappa shape index (κ3) is 2.09. The first-order valence-electron chi connectivity index (χ1n) is 6.70. The van der Waals surface area contributed by atoms with Crippen molar-refractivity contribution in [2.75, 3.05) is 18.1 Å². The summed E-state index contributed by atoms with van der Waals surface area (Å²) in [5.74, 6) is -0.991. The molecule has 0 radical (unpaired) electrons. The number of nitrogens with two attached hydrogens (primary N) is 3. The number of anilines is 2. The van der Waals surface area contributed by atoms with Crippen LogP contribution >= 0.6 is 0 Å². The van der Waals surface area contributed by atoms with Gasteiger partial charge in [-0.2, -0.15) is 0 Å². The van der Waals surface area contributed by atoms with E-state index in [1.165, 1.54) is 4.57 Å². The quantitative estimate of drug-likeness (QED) is 0.348. The topological polar surface area (TPSA) is 196 Å². The molecule has 1 aliphatic heterocycles. The van der Waals surface area contributed by atoms with Crippen LogP contribution in [-0.2, 0) is 4.74 Å². The number of aliphatic hydroxyl groups is 3. The number of carbonyl (C=O) groups excluding carboxylic acids is 1. The van der Waals surface area contributed by atoms with Crippen LogP contribution in [0.15, 0.2) is 6.33 Å². The Morgan fingerprint density at radius 1 is 1.30 bits per heavy atom. The Morgan fingerprint density at radius 2 is 2.00 bits per heavy atom. The van der Waals surface area contributed by atoms with Crippen LogP contribution in [-0.4, -0.2) is 60.7 Å². The molecule has 3 rings (SSSR count). The smallest absolute Gasteiger partial charge is 0.253 e. The van der Waals surface area contributed by atoms with Crippen molar-refractivity contribution in [1.82, 2.24) is 14.5 Å². The second kappa shape index (κ2) is 5.31. The molecule has 0 aliphatic carbocycles. The van der Waals surface area contributed by atoms with E-state index >= 15 is 0 Å². The zero-order valence-electron chi connectivity index (χ0n) is 11.8. The summed E-state index contributed by atoms with van der Waals surface area (Å²) in [7, 11) is 0. The Balaban J connectivity index is 2.25. The highest BCUT2D eigenvalue weighted by Crippen LogP contribution is 2.38. The number of amides is 1. The number of nitrogen functional groups attached to an aromatic ring is 2. The van der Waals surface area contributed by atoms with Crippen molar-refractivity contribution >= 4 is 28.6 Å². The monoisotopic (exact) mass is 324 g/mol. The number of aromatic nitrogens is 3. The maximum atomic E-state index is 11.7. The normalized spacial score (nSPS) is 27.6. The van der Waals surface area contributed by atoms with E-state index in [0.29, 0.717) is 0 Å². The molecular formula is C12H16N6O5. The number of aliphatic hydroxyl groups excluding tert-OH is 3. The SMILES string of the molecule is NC(=O)c1c(N)n(C2O[C@H](CO)[C@@H](O)[C@H]2O)c2ncnc(N)c12. The van der Waals surface area contributed by atoms with E-state index in [2.05, 4.69) is 9.97 Å². The highest BCUT2D eigenvalue weighted by Gasteiger charge is 2.45. The Morgan fingerprint density at radius 3 is 2.57 bits per heavy atom. The zero-order chi connectivity index (χ0) is 16.9. The molecular weight excluding hydrogens is 308 g/mol. The molecule has 1 aliphatic rings. The molecule has 0 aromatic carbocycles. The van der Waals surface area contributed by atoms with E-state index in [1.807, 2.05) is 0 Å². The zero-order valence-corrected chi connectivity index (χ0v) is 11.8. The fraction of sp³-hybridized carbons (Fsp3) is 0.417. The Labute approximate surface area is 129 Å². The van der Waals surface area contributed by atoms with Gasteiger partial charge in [-0.25, -0.2) is 9.97 Å². The predicted octanol–water partition coefficient (Wildman–Crippen LogP) is -2.69. The van der Waals surface area contributed by atoms with E-state index in [4.69, 9.17) is 21.9 Å². The fourth-order valence-electron chi connectivity index (χ4n) is 2.77. The number of ether oxygens (including phenoxy) is 1. The third-order valence-corrected chi connectivity index (χ3v) is 3.87. The molecule has 4 atom stereocenters. The lowest BCUT2D eigenvalue weighted by Gasteiger charge is -2.19. The van der Waals surface area contributed by atoms with Gasteiger partial charge in [0.05, 0.1) is 17.6 Å². The van der Waals surface area contributed by atoms with Gasteiger partial charge in [0.1, 0.15) is 41.9 Å². The molecule has 0 saturated carbocycles. The predicted molar refractivity (Wildman–Crippen MR) is 77.9 cm³/mol. The molecule has 11 nitrogen and oxygen atoms in total. The van der Waals surface area contributed by atoms with Crippen LogP contribution in [0.25, 0.3) is 11.0 Å². The van der Waals surface area contributed by atoms with Crippen molar-refractivity contribution in [2.45, 2.75) is 24.5 Å². The maximum Gasteiger partial charge on any atom is 0.253 e.